The first kappa shape index (κ1) is 9.70. The van der Waals surface area contributed by atoms with Crippen molar-refractivity contribution in [2.75, 3.05) is 0 Å². The molecule has 0 saturated heterocycles. The van der Waals surface area contributed by atoms with Crippen LogP contribution in [-0.2, 0) is 0 Å². The van der Waals surface area contributed by atoms with Crippen molar-refractivity contribution in [3.63, 3.8) is 0 Å². The maximum absolute atomic E-state index is 10.8. The monoisotopic (exact) mass is 218 g/mol. The summed E-state index contributed by atoms with van der Waals surface area (Å²) >= 11 is 0. The van der Waals surface area contributed by atoms with Crippen LogP contribution in [0.25, 0.3) is 0 Å². The van der Waals surface area contributed by atoms with Crippen LogP contribution in [0.4, 0.5) is 0 Å². The van der Waals surface area contributed by atoms with Crippen molar-refractivity contribution in [3.05, 3.63) is 12.2 Å². The van der Waals surface area contributed by atoms with Crippen LogP contribution >= 0.6 is 0 Å². The molecule has 7 unspecified atom stereocenters. The van der Waals surface area contributed by atoms with Crippen molar-refractivity contribution in [1.29, 1.82) is 0 Å². The average Bonchev–Trinajstić information content (AvgIpc) is 2.94. The summed E-state index contributed by atoms with van der Waals surface area (Å²) < 4.78 is 0. The highest BCUT2D eigenvalue weighted by Gasteiger charge is 2.70. The van der Waals surface area contributed by atoms with Crippen molar-refractivity contribution in [2.45, 2.75) is 45.1 Å². The molecule has 0 spiro atoms. The van der Waals surface area contributed by atoms with Crippen molar-refractivity contribution >= 4 is 0 Å². The van der Waals surface area contributed by atoms with E-state index in [-0.39, 0.29) is 5.60 Å². The van der Waals surface area contributed by atoms with Crippen LogP contribution in [0.2, 0.25) is 0 Å². The standard InChI is InChI=1S/C15H22O/c1-3-15(16)8-11-7-12(15)13-9-4-5-10(6-9)14(11,13)2/h4-5,9-13,16H,3,6-8H2,1-2H3. The molecule has 1 nitrogen and oxygen atoms in total. The Morgan fingerprint density at radius 3 is 2.88 bits per heavy atom. The van der Waals surface area contributed by atoms with Gasteiger partial charge in [-0.3, -0.25) is 0 Å². The Labute approximate surface area is 97.9 Å². The van der Waals surface area contributed by atoms with E-state index in [0.29, 0.717) is 11.3 Å². The molecule has 0 aromatic carbocycles. The molecule has 4 rings (SSSR count). The lowest BCUT2D eigenvalue weighted by atomic mass is 9.58. The summed E-state index contributed by atoms with van der Waals surface area (Å²) in [6.45, 7) is 4.69. The summed E-state index contributed by atoms with van der Waals surface area (Å²) in [5, 5.41) is 10.8. The summed E-state index contributed by atoms with van der Waals surface area (Å²) in [7, 11) is 0. The highest BCUT2D eigenvalue weighted by atomic mass is 16.3. The van der Waals surface area contributed by atoms with Crippen molar-refractivity contribution in [1.82, 2.24) is 0 Å². The zero-order valence-corrected chi connectivity index (χ0v) is 10.3. The predicted molar refractivity (Wildman–Crippen MR) is 63.8 cm³/mol. The van der Waals surface area contributed by atoms with E-state index in [1.807, 2.05) is 0 Å². The van der Waals surface area contributed by atoms with Gasteiger partial charge in [0.25, 0.3) is 0 Å². The second-order valence-electron chi connectivity index (χ2n) is 6.98. The smallest absolute Gasteiger partial charge is 0.0679 e. The van der Waals surface area contributed by atoms with Gasteiger partial charge in [-0.2, -0.15) is 0 Å². The van der Waals surface area contributed by atoms with Crippen LogP contribution in [-0.4, -0.2) is 10.7 Å². The second-order valence-corrected chi connectivity index (χ2v) is 6.98. The van der Waals surface area contributed by atoms with Gasteiger partial charge in [-0.25, -0.2) is 0 Å². The predicted octanol–water partition coefficient (Wildman–Crippen LogP) is 3.00. The molecule has 1 N–H and O–H groups in total. The van der Waals surface area contributed by atoms with E-state index in [1.54, 1.807) is 0 Å². The summed E-state index contributed by atoms with van der Waals surface area (Å²) in [5.74, 6) is 3.83. The SMILES string of the molecule is CCC1(O)CC2CC1C1C3C=CC(C3)C21C. The van der Waals surface area contributed by atoms with Crippen LogP contribution in [0.1, 0.15) is 39.5 Å². The first-order valence-electron chi connectivity index (χ1n) is 7.00. The topological polar surface area (TPSA) is 20.2 Å². The van der Waals surface area contributed by atoms with Gasteiger partial charge in [0.05, 0.1) is 5.60 Å². The molecule has 0 aromatic rings. The van der Waals surface area contributed by atoms with E-state index in [0.717, 1.165) is 36.5 Å². The molecule has 0 aliphatic heterocycles. The Morgan fingerprint density at radius 1 is 1.31 bits per heavy atom. The van der Waals surface area contributed by atoms with Crippen LogP contribution in [0, 0.1) is 35.0 Å². The van der Waals surface area contributed by atoms with Crippen molar-refractivity contribution in [2.24, 2.45) is 35.0 Å². The van der Waals surface area contributed by atoms with Gasteiger partial charge in [0.1, 0.15) is 0 Å². The zero-order valence-electron chi connectivity index (χ0n) is 10.3. The van der Waals surface area contributed by atoms with Gasteiger partial charge >= 0.3 is 0 Å². The molecule has 0 radical (unpaired) electrons. The largest absolute Gasteiger partial charge is 0.390 e. The molecule has 0 amide bonds. The van der Waals surface area contributed by atoms with E-state index in [1.165, 1.54) is 12.8 Å². The molecule has 16 heavy (non-hydrogen) atoms. The Bertz CT molecular complexity index is 374. The van der Waals surface area contributed by atoms with E-state index >= 15 is 0 Å². The lowest BCUT2D eigenvalue weighted by molar-refractivity contribution is -0.0829. The number of hydrogen-bond donors (Lipinski definition) is 1. The van der Waals surface area contributed by atoms with E-state index in [4.69, 9.17) is 0 Å². The minimum absolute atomic E-state index is 0.312. The molecule has 4 bridgehead atoms. The fourth-order valence-corrected chi connectivity index (χ4v) is 6.02. The van der Waals surface area contributed by atoms with Crippen LogP contribution < -0.4 is 0 Å². The lowest BCUT2D eigenvalue weighted by Crippen LogP contribution is -2.48. The molecule has 0 aromatic heterocycles. The molecule has 4 aliphatic carbocycles. The summed E-state index contributed by atoms with van der Waals surface area (Å²) in [6.07, 6.45) is 9.66. The summed E-state index contributed by atoms with van der Waals surface area (Å²) in [4.78, 5) is 0. The number of aliphatic hydroxyl groups is 1. The number of hydrogen-bond acceptors (Lipinski definition) is 1. The Morgan fingerprint density at radius 2 is 2.12 bits per heavy atom. The van der Waals surface area contributed by atoms with Crippen LogP contribution in [0.15, 0.2) is 12.2 Å². The second kappa shape index (κ2) is 2.58. The molecule has 4 aliphatic rings. The van der Waals surface area contributed by atoms with E-state index < -0.39 is 0 Å². The maximum atomic E-state index is 10.8. The van der Waals surface area contributed by atoms with Gasteiger partial charge in [-0.15, -0.1) is 0 Å². The molecule has 7 atom stereocenters. The fraction of sp³-hybridized carbons (Fsp3) is 0.867. The highest BCUT2D eigenvalue weighted by Crippen LogP contribution is 2.74. The number of rotatable bonds is 1. The van der Waals surface area contributed by atoms with Gasteiger partial charge in [-0.05, 0) is 60.7 Å². The van der Waals surface area contributed by atoms with E-state index in [9.17, 15) is 5.11 Å². The summed E-state index contributed by atoms with van der Waals surface area (Å²) in [5.41, 5.74) is 0.235. The third kappa shape index (κ3) is 0.796. The molecular weight excluding hydrogens is 196 g/mol. The molecule has 1 heteroatoms. The quantitative estimate of drug-likeness (QED) is 0.530. The Kier molecular flexibility index (Phi) is 1.56. The third-order valence-corrected chi connectivity index (χ3v) is 6.85. The third-order valence-electron chi connectivity index (χ3n) is 6.85. The first-order valence-corrected chi connectivity index (χ1v) is 7.00. The normalized spacial score (nSPS) is 65.6. The Hall–Kier alpha value is -0.300. The van der Waals surface area contributed by atoms with Gasteiger partial charge in [0.15, 0.2) is 0 Å². The van der Waals surface area contributed by atoms with Crippen molar-refractivity contribution in [3.8, 4) is 0 Å². The molecular formula is C15H22O. The van der Waals surface area contributed by atoms with Gasteiger partial charge in [0, 0.05) is 0 Å². The molecule has 3 fully saturated rings. The van der Waals surface area contributed by atoms with Crippen molar-refractivity contribution < 1.29 is 5.11 Å². The Balaban J connectivity index is 1.80. The molecule has 3 saturated carbocycles. The highest BCUT2D eigenvalue weighted by molar-refractivity contribution is 5.27. The first-order chi connectivity index (χ1) is 7.59. The van der Waals surface area contributed by atoms with Gasteiger partial charge < -0.3 is 5.11 Å². The minimum Gasteiger partial charge on any atom is -0.390 e. The fourth-order valence-electron chi connectivity index (χ4n) is 6.02. The van der Waals surface area contributed by atoms with Gasteiger partial charge in [0.2, 0.25) is 0 Å². The number of allylic oxidation sites excluding steroid dienone is 2. The van der Waals surface area contributed by atoms with E-state index in [2.05, 4.69) is 26.0 Å². The average molecular weight is 218 g/mol. The zero-order chi connectivity index (χ0) is 11.1. The van der Waals surface area contributed by atoms with Gasteiger partial charge in [-0.1, -0.05) is 26.0 Å². The lowest BCUT2D eigenvalue weighted by Gasteiger charge is -2.48. The summed E-state index contributed by atoms with van der Waals surface area (Å²) in [6, 6.07) is 0. The number of fused-ring (bicyclic) bond motifs is 9. The van der Waals surface area contributed by atoms with Crippen LogP contribution in [0.5, 0.6) is 0 Å². The molecule has 0 heterocycles. The molecule has 88 valence electrons. The van der Waals surface area contributed by atoms with Crippen LogP contribution in [0.3, 0.4) is 0 Å². The maximum Gasteiger partial charge on any atom is 0.0679 e. The minimum atomic E-state index is -0.312.